The molecule has 0 spiro atoms. The molecule has 2 N–H and O–H groups in total. The van der Waals surface area contributed by atoms with Gasteiger partial charge in [-0.25, -0.2) is 12.7 Å². The van der Waals surface area contributed by atoms with Gasteiger partial charge in [0, 0.05) is 30.0 Å². The van der Waals surface area contributed by atoms with Gasteiger partial charge in [0.05, 0.1) is 16.2 Å². The van der Waals surface area contributed by atoms with Crippen LogP contribution in [-0.4, -0.2) is 36.3 Å². The summed E-state index contributed by atoms with van der Waals surface area (Å²) in [6, 6.07) is 16.1. The maximum Gasteiger partial charge on any atom is 0.257 e. The van der Waals surface area contributed by atoms with Crippen molar-refractivity contribution in [2.45, 2.75) is 11.8 Å². The minimum absolute atomic E-state index is 0.196. The monoisotopic (exact) mass is 381 g/mol. The summed E-state index contributed by atoms with van der Waals surface area (Å²) in [5.41, 5.74) is 2.52. The number of aromatic amines is 2. The van der Waals surface area contributed by atoms with Crippen LogP contribution in [0.4, 0.5) is 0 Å². The second kappa shape index (κ2) is 6.37. The molecular formula is C20H19N3O3S. The Morgan fingerprint density at radius 2 is 1.67 bits per heavy atom. The normalized spacial score (nSPS) is 12.3. The van der Waals surface area contributed by atoms with Gasteiger partial charge in [-0.1, -0.05) is 25.1 Å². The number of benzene rings is 2. The van der Waals surface area contributed by atoms with Crippen LogP contribution in [0.3, 0.4) is 0 Å². The van der Waals surface area contributed by atoms with Crippen molar-refractivity contribution >= 4 is 31.8 Å². The highest BCUT2D eigenvalue weighted by molar-refractivity contribution is 7.89. The topological polar surface area (TPSA) is 86.0 Å². The van der Waals surface area contributed by atoms with Crippen LogP contribution in [0.5, 0.6) is 0 Å². The summed E-state index contributed by atoms with van der Waals surface area (Å²) < 4.78 is 26.4. The van der Waals surface area contributed by atoms with Crippen molar-refractivity contribution in [3.05, 3.63) is 65.0 Å². The van der Waals surface area contributed by atoms with Crippen molar-refractivity contribution < 1.29 is 8.42 Å². The molecule has 0 unspecified atom stereocenters. The fraction of sp³-hybridized carbons (Fsp3) is 0.150. The number of fused-ring (bicyclic) bond motifs is 2. The third kappa shape index (κ3) is 2.94. The molecular weight excluding hydrogens is 362 g/mol. The largest absolute Gasteiger partial charge is 0.354 e. The number of hydrogen-bond acceptors (Lipinski definition) is 3. The fourth-order valence-electron chi connectivity index (χ4n) is 3.11. The van der Waals surface area contributed by atoms with E-state index in [2.05, 4.69) is 9.97 Å². The molecule has 0 saturated carbocycles. The first kappa shape index (κ1) is 17.5. The number of H-pyrrole nitrogens is 2. The summed E-state index contributed by atoms with van der Waals surface area (Å²) >= 11 is 0. The van der Waals surface area contributed by atoms with Gasteiger partial charge in [0.2, 0.25) is 10.0 Å². The molecule has 0 aliphatic heterocycles. The van der Waals surface area contributed by atoms with Gasteiger partial charge < -0.3 is 9.97 Å². The average molecular weight is 381 g/mol. The van der Waals surface area contributed by atoms with Crippen molar-refractivity contribution in [3.8, 4) is 11.3 Å². The van der Waals surface area contributed by atoms with Gasteiger partial charge in [-0.05, 0) is 41.8 Å². The van der Waals surface area contributed by atoms with Gasteiger partial charge in [-0.15, -0.1) is 0 Å². The molecule has 0 amide bonds. The summed E-state index contributed by atoms with van der Waals surface area (Å²) in [6.07, 6.45) is 0. The first-order valence-electron chi connectivity index (χ1n) is 8.61. The third-order valence-corrected chi connectivity index (χ3v) is 6.72. The Morgan fingerprint density at radius 3 is 2.44 bits per heavy atom. The minimum Gasteiger partial charge on any atom is -0.354 e. The Hall–Kier alpha value is -2.90. The lowest BCUT2D eigenvalue weighted by Crippen LogP contribution is -2.26. The van der Waals surface area contributed by atoms with Crippen molar-refractivity contribution in [1.82, 2.24) is 14.3 Å². The fourth-order valence-corrected chi connectivity index (χ4v) is 4.33. The lowest BCUT2D eigenvalue weighted by atomic mass is 10.1. The summed E-state index contributed by atoms with van der Waals surface area (Å²) in [4.78, 5) is 18.8. The van der Waals surface area contributed by atoms with Crippen LogP contribution in [0.25, 0.3) is 33.1 Å². The Bertz CT molecular complexity index is 1320. The third-order valence-electron chi connectivity index (χ3n) is 4.79. The second-order valence-electron chi connectivity index (χ2n) is 6.45. The van der Waals surface area contributed by atoms with E-state index in [4.69, 9.17) is 0 Å². The zero-order valence-electron chi connectivity index (χ0n) is 15.0. The lowest BCUT2D eigenvalue weighted by molar-refractivity contribution is 0.486. The van der Waals surface area contributed by atoms with Crippen LogP contribution in [0.1, 0.15) is 6.92 Å². The average Bonchev–Trinajstić information content (AvgIpc) is 3.09. The molecule has 27 heavy (non-hydrogen) atoms. The molecule has 0 saturated heterocycles. The van der Waals surface area contributed by atoms with Crippen LogP contribution < -0.4 is 5.56 Å². The second-order valence-corrected chi connectivity index (χ2v) is 8.50. The van der Waals surface area contributed by atoms with Crippen LogP contribution in [0.2, 0.25) is 0 Å². The number of para-hydroxylation sites is 1. The predicted octanol–water partition coefficient (Wildman–Crippen LogP) is 3.32. The molecule has 0 radical (unpaired) electrons. The Morgan fingerprint density at radius 1 is 0.926 bits per heavy atom. The lowest BCUT2D eigenvalue weighted by Gasteiger charge is -2.14. The molecule has 0 aliphatic carbocycles. The van der Waals surface area contributed by atoms with E-state index < -0.39 is 10.0 Å². The van der Waals surface area contributed by atoms with Crippen LogP contribution in [-0.2, 0) is 10.0 Å². The molecule has 0 fully saturated rings. The number of pyridine rings is 1. The molecule has 0 aliphatic rings. The van der Waals surface area contributed by atoms with E-state index in [0.717, 1.165) is 21.8 Å². The maximum absolute atomic E-state index is 12.5. The maximum atomic E-state index is 12.5. The highest BCUT2D eigenvalue weighted by Crippen LogP contribution is 2.26. The quantitative estimate of drug-likeness (QED) is 0.569. The van der Waals surface area contributed by atoms with Gasteiger partial charge >= 0.3 is 0 Å². The highest BCUT2D eigenvalue weighted by atomic mass is 32.2. The molecule has 2 aromatic heterocycles. The summed E-state index contributed by atoms with van der Waals surface area (Å²) in [5, 5.41) is 1.67. The summed E-state index contributed by atoms with van der Waals surface area (Å²) in [5.74, 6) is 0. The molecule has 138 valence electrons. The van der Waals surface area contributed by atoms with Gasteiger partial charge in [0.1, 0.15) is 0 Å². The first-order valence-corrected chi connectivity index (χ1v) is 10.1. The van der Waals surface area contributed by atoms with Crippen molar-refractivity contribution in [2.24, 2.45) is 0 Å². The van der Waals surface area contributed by atoms with Gasteiger partial charge in [-0.3, -0.25) is 4.79 Å². The molecule has 0 bridgehead atoms. The van der Waals surface area contributed by atoms with Gasteiger partial charge in [0.15, 0.2) is 0 Å². The Labute approximate surface area is 156 Å². The van der Waals surface area contributed by atoms with Crippen molar-refractivity contribution in [1.29, 1.82) is 0 Å². The molecule has 7 heteroatoms. The van der Waals surface area contributed by atoms with E-state index in [0.29, 0.717) is 17.8 Å². The highest BCUT2D eigenvalue weighted by Gasteiger charge is 2.20. The summed E-state index contributed by atoms with van der Waals surface area (Å²) in [6.45, 7) is 2.18. The number of nitrogens with one attached hydrogen (secondary N) is 2. The zero-order chi connectivity index (χ0) is 19.2. The molecule has 0 atom stereocenters. The Balaban J connectivity index is 1.85. The minimum atomic E-state index is -3.52. The van der Waals surface area contributed by atoms with Gasteiger partial charge in [-0.2, -0.15) is 0 Å². The first-order chi connectivity index (χ1) is 12.9. The SMILES string of the molecule is CCN(C)S(=O)(=O)c1ccc2[nH]c(-c3cc4ccccc4[nH]c3=O)cc2c1. The van der Waals surface area contributed by atoms with E-state index in [1.54, 1.807) is 38.2 Å². The number of aromatic nitrogens is 2. The van der Waals surface area contributed by atoms with E-state index >= 15 is 0 Å². The zero-order valence-corrected chi connectivity index (χ0v) is 15.8. The van der Waals surface area contributed by atoms with Crippen molar-refractivity contribution in [2.75, 3.05) is 13.6 Å². The van der Waals surface area contributed by atoms with Crippen LogP contribution in [0.15, 0.2) is 64.3 Å². The smallest absolute Gasteiger partial charge is 0.257 e. The number of nitrogens with zero attached hydrogens (tertiary/aromatic N) is 1. The van der Waals surface area contributed by atoms with Gasteiger partial charge in [0.25, 0.3) is 5.56 Å². The standard InChI is InChI=1S/C20H19N3O3S/c1-3-23(2)27(25,26)15-8-9-18-14(10-15)12-19(21-18)16-11-13-6-4-5-7-17(13)22-20(16)24/h4-12,21H,3H2,1-2H3,(H,22,24). The number of sulfonamides is 1. The molecule has 6 nitrogen and oxygen atoms in total. The van der Waals surface area contributed by atoms with E-state index in [1.807, 2.05) is 30.3 Å². The molecule has 2 aromatic carbocycles. The molecule has 2 heterocycles. The van der Waals surface area contributed by atoms with E-state index in [-0.39, 0.29) is 10.5 Å². The van der Waals surface area contributed by atoms with E-state index in [1.165, 1.54) is 4.31 Å². The van der Waals surface area contributed by atoms with Crippen LogP contribution >= 0.6 is 0 Å². The Kier molecular flexibility index (Phi) is 4.13. The van der Waals surface area contributed by atoms with E-state index in [9.17, 15) is 13.2 Å². The molecule has 4 aromatic rings. The molecule has 4 rings (SSSR count). The summed E-state index contributed by atoms with van der Waals surface area (Å²) in [7, 11) is -1.97. The van der Waals surface area contributed by atoms with Crippen LogP contribution in [0, 0.1) is 0 Å². The number of hydrogen-bond donors (Lipinski definition) is 2. The number of rotatable bonds is 4. The van der Waals surface area contributed by atoms with Crippen molar-refractivity contribution in [3.63, 3.8) is 0 Å². The predicted molar refractivity (Wildman–Crippen MR) is 107 cm³/mol.